The van der Waals surface area contributed by atoms with Crippen LogP contribution in [0, 0.1) is 6.92 Å². The number of carbonyl (C=O) groups is 1. The van der Waals surface area contributed by atoms with E-state index in [2.05, 4.69) is 31.2 Å². The van der Waals surface area contributed by atoms with Crippen molar-refractivity contribution in [2.45, 2.75) is 31.7 Å². The largest absolute Gasteiger partial charge is 0.315 e. The minimum atomic E-state index is -3.09. The average Bonchev–Trinajstić information content (AvgIpc) is 3.12. The molecule has 2 aliphatic heterocycles. The molecule has 0 radical (unpaired) electrons. The van der Waals surface area contributed by atoms with Crippen LogP contribution in [0.2, 0.25) is 0 Å². The average molecular weight is 415 g/mol. The van der Waals surface area contributed by atoms with Crippen LogP contribution in [0.15, 0.2) is 53.5 Å². The Morgan fingerprint density at radius 3 is 2.64 bits per heavy atom. The van der Waals surface area contributed by atoms with Crippen LogP contribution in [0.5, 0.6) is 0 Å². The Morgan fingerprint density at radius 1 is 1.18 bits per heavy atom. The molecular formula is C21H22N2O3S2. The van der Waals surface area contributed by atoms with E-state index in [1.807, 2.05) is 23.1 Å². The lowest BCUT2D eigenvalue weighted by Gasteiger charge is -2.26. The molecule has 7 heteroatoms. The maximum atomic E-state index is 12.2. The van der Waals surface area contributed by atoms with Gasteiger partial charge >= 0.3 is 0 Å². The lowest BCUT2D eigenvalue weighted by molar-refractivity contribution is 0.101. The summed E-state index contributed by atoms with van der Waals surface area (Å²) >= 11 is 1.61. The van der Waals surface area contributed by atoms with Crippen LogP contribution in [-0.4, -0.2) is 43.0 Å². The minimum absolute atomic E-state index is 0.0116. The van der Waals surface area contributed by atoms with Gasteiger partial charge in [0.15, 0.2) is 20.8 Å². The highest BCUT2D eigenvalue weighted by atomic mass is 32.2. The number of sulfone groups is 1. The van der Waals surface area contributed by atoms with Crippen molar-refractivity contribution < 1.29 is 13.2 Å². The number of amidine groups is 1. The van der Waals surface area contributed by atoms with Gasteiger partial charge in [-0.2, -0.15) is 0 Å². The molecule has 4 rings (SSSR count). The fourth-order valence-corrected chi connectivity index (χ4v) is 6.56. The van der Waals surface area contributed by atoms with Crippen LogP contribution >= 0.6 is 11.8 Å². The van der Waals surface area contributed by atoms with Gasteiger partial charge in [-0.3, -0.25) is 9.79 Å². The Labute approximate surface area is 169 Å². The molecule has 1 fully saturated rings. The van der Waals surface area contributed by atoms with Crippen molar-refractivity contribution in [1.29, 1.82) is 0 Å². The molecule has 2 aromatic rings. The third kappa shape index (κ3) is 3.86. The number of carbonyl (C=O) groups excluding carboxylic acids is 1. The van der Waals surface area contributed by atoms with Gasteiger partial charge < -0.3 is 4.90 Å². The van der Waals surface area contributed by atoms with E-state index in [0.29, 0.717) is 5.56 Å². The summed E-state index contributed by atoms with van der Waals surface area (Å²) in [4.78, 5) is 18.6. The number of hydrogen-bond donors (Lipinski definition) is 0. The van der Waals surface area contributed by atoms with E-state index in [9.17, 15) is 13.2 Å². The normalized spacial score (nSPS) is 22.8. The molecule has 2 atom stereocenters. The second kappa shape index (κ2) is 7.37. The number of thioether (sulfide) groups is 1. The minimum Gasteiger partial charge on any atom is -0.315 e. The predicted molar refractivity (Wildman–Crippen MR) is 115 cm³/mol. The predicted octanol–water partition coefficient (Wildman–Crippen LogP) is 3.47. The maximum absolute atomic E-state index is 12.2. The molecule has 0 bridgehead atoms. The summed E-state index contributed by atoms with van der Waals surface area (Å²) in [5.74, 6) is 0.936. The monoisotopic (exact) mass is 414 g/mol. The number of benzene rings is 2. The van der Waals surface area contributed by atoms with Crippen molar-refractivity contribution in [3.05, 3.63) is 65.2 Å². The standard InChI is InChI=1S/C21H22N2O3S2/c1-14-6-8-16(9-7-14)11-27-21-22-19-12-28(25,26)13-20(19)23(21)18-5-3-4-17(10-18)15(2)24/h3-10,19-20H,11-13H2,1-2H3/t19-,20-/m0/s1. The van der Waals surface area contributed by atoms with Crippen molar-refractivity contribution in [1.82, 2.24) is 0 Å². The summed E-state index contributed by atoms with van der Waals surface area (Å²) in [7, 11) is -3.09. The molecule has 0 amide bonds. The summed E-state index contributed by atoms with van der Waals surface area (Å²) in [6, 6.07) is 15.3. The summed E-state index contributed by atoms with van der Waals surface area (Å²) in [5.41, 5.74) is 3.85. The zero-order valence-corrected chi connectivity index (χ0v) is 17.5. The summed E-state index contributed by atoms with van der Waals surface area (Å²) < 4.78 is 24.3. The smallest absolute Gasteiger partial charge is 0.164 e. The van der Waals surface area contributed by atoms with E-state index in [0.717, 1.165) is 16.6 Å². The summed E-state index contributed by atoms with van der Waals surface area (Å²) in [6.45, 7) is 3.59. The molecule has 5 nitrogen and oxygen atoms in total. The van der Waals surface area contributed by atoms with Crippen LogP contribution in [-0.2, 0) is 15.6 Å². The number of aliphatic imine (C=N–C) groups is 1. The molecule has 0 spiro atoms. The number of aryl methyl sites for hydroxylation is 1. The van der Waals surface area contributed by atoms with Crippen LogP contribution in [0.3, 0.4) is 0 Å². The van der Waals surface area contributed by atoms with Crippen molar-refractivity contribution in [2.24, 2.45) is 4.99 Å². The van der Waals surface area contributed by atoms with Crippen LogP contribution in [0.4, 0.5) is 5.69 Å². The summed E-state index contributed by atoms with van der Waals surface area (Å²) in [5, 5.41) is 0.825. The highest BCUT2D eigenvalue weighted by molar-refractivity contribution is 8.13. The SMILES string of the molecule is CC(=O)c1cccc(N2C(SCc3ccc(C)cc3)=N[C@H]3CS(=O)(=O)C[C@@H]32)c1. The number of hydrogen-bond acceptors (Lipinski definition) is 6. The van der Waals surface area contributed by atoms with Gasteiger partial charge in [-0.05, 0) is 31.5 Å². The number of fused-ring (bicyclic) bond motifs is 1. The second-order valence-corrected chi connectivity index (χ2v) is 10.5. The lowest BCUT2D eigenvalue weighted by atomic mass is 10.1. The first-order valence-electron chi connectivity index (χ1n) is 9.19. The van der Waals surface area contributed by atoms with Gasteiger partial charge in [0.05, 0.1) is 23.6 Å². The number of anilines is 1. The fraction of sp³-hybridized carbons (Fsp3) is 0.333. The van der Waals surface area contributed by atoms with Crippen molar-refractivity contribution in [3.8, 4) is 0 Å². The first-order chi connectivity index (χ1) is 13.3. The van der Waals surface area contributed by atoms with E-state index in [4.69, 9.17) is 4.99 Å². The van der Waals surface area contributed by atoms with Crippen molar-refractivity contribution >= 4 is 38.2 Å². The third-order valence-electron chi connectivity index (χ3n) is 5.13. The van der Waals surface area contributed by atoms with Gasteiger partial charge in [-0.15, -0.1) is 0 Å². The molecule has 2 heterocycles. The zero-order valence-electron chi connectivity index (χ0n) is 15.8. The molecule has 0 aliphatic carbocycles. The fourth-order valence-electron chi connectivity index (χ4n) is 3.64. The van der Waals surface area contributed by atoms with Gasteiger partial charge in [-0.1, -0.05) is 53.7 Å². The van der Waals surface area contributed by atoms with Crippen LogP contribution in [0.25, 0.3) is 0 Å². The Kier molecular flexibility index (Phi) is 5.05. The molecule has 146 valence electrons. The number of rotatable bonds is 4. The molecule has 0 unspecified atom stereocenters. The Balaban J connectivity index is 1.64. The number of Topliss-reactive ketones (excluding diaryl/α,β-unsaturated/α-hetero) is 1. The van der Waals surface area contributed by atoms with Gasteiger partial charge in [0.1, 0.15) is 0 Å². The van der Waals surface area contributed by atoms with Crippen LogP contribution in [0.1, 0.15) is 28.4 Å². The Bertz CT molecular complexity index is 1050. The Morgan fingerprint density at radius 2 is 1.93 bits per heavy atom. The zero-order chi connectivity index (χ0) is 19.9. The Hall–Kier alpha value is -2.12. The maximum Gasteiger partial charge on any atom is 0.164 e. The molecule has 2 aliphatic rings. The van der Waals surface area contributed by atoms with E-state index in [-0.39, 0.29) is 29.4 Å². The highest BCUT2D eigenvalue weighted by Gasteiger charge is 2.47. The molecule has 0 N–H and O–H groups in total. The molecule has 0 saturated carbocycles. The van der Waals surface area contributed by atoms with Crippen LogP contribution < -0.4 is 4.90 Å². The molecule has 28 heavy (non-hydrogen) atoms. The molecular weight excluding hydrogens is 392 g/mol. The van der Waals surface area contributed by atoms with E-state index >= 15 is 0 Å². The van der Waals surface area contributed by atoms with Gasteiger partial charge in [-0.25, -0.2) is 8.42 Å². The molecule has 0 aromatic heterocycles. The number of nitrogens with zero attached hydrogens (tertiary/aromatic N) is 2. The highest BCUT2D eigenvalue weighted by Crippen LogP contribution is 2.36. The lowest BCUT2D eigenvalue weighted by Crippen LogP contribution is -2.39. The van der Waals surface area contributed by atoms with Gasteiger partial charge in [0.25, 0.3) is 0 Å². The first-order valence-corrected chi connectivity index (χ1v) is 12.0. The topological polar surface area (TPSA) is 66.8 Å². The molecule has 1 saturated heterocycles. The van der Waals surface area contributed by atoms with Gasteiger partial charge in [0, 0.05) is 17.0 Å². The van der Waals surface area contributed by atoms with Crippen molar-refractivity contribution in [2.75, 3.05) is 16.4 Å². The van der Waals surface area contributed by atoms with E-state index in [1.165, 1.54) is 18.1 Å². The van der Waals surface area contributed by atoms with Gasteiger partial charge in [0.2, 0.25) is 0 Å². The van der Waals surface area contributed by atoms with Crippen molar-refractivity contribution in [3.63, 3.8) is 0 Å². The molecule has 2 aromatic carbocycles. The van der Waals surface area contributed by atoms with E-state index < -0.39 is 9.84 Å². The third-order valence-corrected chi connectivity index (χ3v) is 7.86. The van der Waals surface area contributed by atoms with E-state index in [1.54, 1.807) is 17.8 Å². The second-order valence-electron chi connectivity index (χ2n) is 7.37. The first kappa shape index (κ1) is 19.2. The number of ketones is 1. The quantitative estimate of drug-likeness (QED) is 0.717. The summed E-state index contributed by atoms with van der Waals surface area (Å²) in [6.07, 6.45) is 0.